The summed E-state index contributed by atoms with van der Waals surface area (Å²) in [6.45, 7) is 2.17. The molecular weight excluding hydrogens is 610 g/mol. The standard InChI is InChI=1S/C30H34BrN3O6S/c1-3-4-16-32-30(36)26(17-22-8-6-5-7-9-22)33(19-23-10-12-24(31)13-11-23)29(35)20-34(41(2,37)38)25-14-15-27-28(18-25)40-21-39-27/h5-15,18,26H,3-4,16-17,19-21H2,1-2H3,(H,32,36). The molecule has 4 rings (SSSR count). The number of hydrogen-bond donors (Lipinski definition) is 1. The Morgan fingerprint density at radius 1 is 0.976 bits per heavy atom. The fourth-order valence-corrected chi connectivity index (χ4v) is 5.61. The first-order chi connectivity index (χ1) is 19.7. The van der Waals surface area contributed by atoms with Crippen LogP contribution in [-0.2, 0) is 32.6 Å². The van der Waals surface area contributed by atoms with Crippen molar-refractivity contribution in [3.63, 3.8) is 0 Å². The highest BCUT2D eigenvalue weighted by molar-refractivity contribution is 9.10. The highest BCUT2D eigenvalue weighted by Crippen LogP contribution is 2.36. The molecular formula is C30H34BrN3O6S. The second-order valence-electron chi connectivity index (χ2n) is 9.81. The molecule has 1 aliphatic heterocycles. The monoisotopic (exact) mass is 643 g/mol. The Bertz CT molecular complexity index is 1450. The number of ether oxygens (including phenoxy) is 2. The number of sulfonamides is 1. The molecule has 0 saturated carbocycles. The van der Waals surface area contributed by atoms with Gasteiger partial charge < -0.3 is 19.7 Å². The predicted octanol–water partition coefficient (Wildman–Crippen LogP) is 4.50. The second-order valence-corrected chi connectivity index (χ2v) is 12.6. The van der Waals surface area contributed by atoms with E-state index < -0.39 is 28.5 Å². The summed E-state index contributed by atoms with van der Waals surface area (Å²) in [5.74, 6) is 0.0916. The average Bonchev–Trinajstić information content (AvgIpc) is 3.42. The average molecular weight is 645 g/mol. The van der Waals surface area contributed by atoms with Crippen molar-refractivity contribution >= 4 is 43.5 Å². The fourth-order valence-electron chi connectivity index (χ4n) is 4.50. The maximum atomic E-state index is 14.1. The van der Waals surface area contributed by atoms with Crippen molar-refractivity contribution in [1.29, 1.82) is 0 Å². The summed E-state index contributed by atoms with van der Waals surface area (Å²) in [6, 6.07) is 20.8. The van der Waals surface area contributed by atoms with Gasteiger partial charge in [0.25, 0.3) is 0 Å². The van der Waals surface area contributed by atoms with Gasteiger partial charge in [0.05, 0.1) is 11.9 Å². The first kappa shape index (κ1) is 30.4. The number of nitrogens with zero attached hydrogens (tertiary/aromatic N) is 2. The van der Waals surface area contributed by atoms with Crippen molar-refractivity contribution in [3.05, 3.63) is 88.4 Å². The second kappa shape index (κ2) is 13.9. The lowest BCUT2D eigenvalue weighted by Crippen LogP contribution is -2.53. The molecule has 0 aliphatic carbocycles. The molecule has 9 nitrogen and oxygen atoms in total. The number of benzene rings is 3. The van der Waals surface area contributed by atoms with Gasteiger partial charge in [-0.15, -0.1) is 0 Å². The van der Waals surface area contributed by atoms with Crippen LogP contribution < -0.4 is 19.1 Å². The number of hydrogen-bond acceptors (Lipinski definition) is 6. The van der Waals surface area contributed by atoms with Gasteiger partial charge in [0, 0.05) is 30.0 Å². The summed E-state index contributed by atoms with van der Waals surface area (Å²) in [6.07, 6.45) is 3.02. The fraction of sp³-hybridized carbons (Fsp3) is 0.333. The molecule has 0 aromatic heterocycles. The van der Waals surface area contributed by atoms with Crippen LogP contribution in [0.4, 0.5) is 5.69 Å². The van der Waals surface area contributed by atoms with Gasteiger partial charge in [-0.1, -0.05) is 71.7 Å². The molecule has 0 radical (unpaired) electrons. The largest absolute Gasteiger partial charge is 0.454 e. The highest BCUT2D eigenvalue weighted by atomic mass is 79.9. The number of halogens is 1. The number of unbranched alkanes of at least 4 members (excludes halogenated alkanes) is 1. The summed E-state index contributed by atoms with van der Waals surface area (Å²) >= 11 is 3.44. The number of nitrogens with one attached hydrogen (secondary N) is 1. The maximum absolute atomic E-state index is 14.1. The quantitative estimate of drug-likeness (QED) is 0.275. The van der Waals surface area contributed by atoms with E-state index in [-0.39, 0.29) is 31.4 Å². The normalized spacial score (nSPS) is 13.0. The highest BCUT2D eigenvalue weighted by Gasteiger charge is 2.33. The van der Waals surface area contributed by atoms with Crippen molar-refractivity contribution in [2.24, 2.45) is 0 Å². The van der Waals surface area contributed by atoms with Crippen LogP contribution in [0.15, 0.2) is 77.3 Å². The van der Waals surface area contributed by atoms with Crippen LogP contribution in [0.2, 0.25) is 0 Å². The number of amides is 2. The van der Waals surface area contributed by atoms with Gasteiger partial charge in [-0.05, 0) is 41.8 Å². The summed E-state index contributed by atoms with van der Waals surface area (Å²) in [7, 11) is -3.88. The van der Waals surface area contributed by atoms with E-state index in [1.54, 1.807) is 12.1 Å². The lowest BCUT2D eigenvalue weighted by molar-refractivity contribution is -0.140. The Morgan fingerprint density at radius 2 is 1.68 bits per heavy atom. The third-order valence-corrected chi connectivity index (χ3v) is 8.36. The minimum Gasteiger partial charge on any atom is -0.454 e. The SMILES string of the molecule is CCCCNC(=O)C(Cc1ccccc1)N(Cc1ccc(Br)cc1)C(=O)CN(c1ccc2c(c1)OCO2)S(C)(=O)=O. The summed E-state index contributed by atoms with van der Waals surface area (Å²) in [4.78, 5) is 29.2. The Hall–Kier alpha value is -3.57. The molecule has 218 valence electrons. The van der Waals surface area contributed by atoms with Gasteiger partial charge in [0.2, 0.25) is 28.6 Å². The maximum Gasteiger partial charge on any atom is 0.244 e. The molecule has 1 N–H and O–H groups in total. The van der Waals surface area contributed by atoms with Crippen molar-refractivity contribution in [2.75, 3.05) is 30.4 Å². The van der Waals surface area contributed by atoms with E-state index >= 15 is 0 Å². The molecule has 1 atom stereocenters. The van der Waals surface area contributed by atoms with Gasteiger partial charge in [-0.25, -0.2) is 8.42 Å². The number of rotatable bonds is 13. The van der Waals surface area contributed by atoms with Crippen LogP contribution in [0, 0.1) is 0 Å². The molecule has 11 heteroatoms. The summed E-state index contributed by atoms with van der Waals surface area (Å²) in [5, 5.41) is 2.98. The van der Waals surface area contributed by atoms with Crippen LogP contribution in [-0.4, -0.2) is 57.3 Å². The zero-order valence-corrected chi connectivity index (χ0v) is 25.5. The van der Waals surface area contributed by atoms with E-state index in [9.17, 15) is 18.0 Å². The Kier molecular flexibility index (Phi) is 10.3. The van der Waals surface area contributed by atoms with E-state index in [2.05, 4.69) is 21.2 Å². The van der Waals surface area contributed by atoms with E-state index in [0.717, 1.165) is 39.0 Å². The first-order valence-electron chi connectivity index (χ1n) is 13.4. The van der Waals surface area contributed by atoms with Crippen molar-refractivity contribution in [3.8, 4) is 11.5 Å². The summed E-state index contributed by atoms with van der Waals surface area (Å²) < 4.78 is 38.6. The van der Waals surface area contributed by atoms with Gasteiger partial charge in [-0.3, -0.25) is 13.9 Å². The third kappa shape index (κ3) is 8.23. The molecule has 1 aliphatic rings. The minimum atomic E-state index is -3.88. The molecule has 1 heterocycles. The molecule has 2 amide bonds. The van der Waals surface area contributed by atoms with Crippen molar-refractivity contribution in [1.82, 2.24) is 10.2 Å². The number of carbonyl (C=O) groups is 2. The molecule has 0 spiro atoms. The van der Waals surface area contributed by atoms with Crippen LogP contribution in [0.5, 0.6) is 11.5 Å². The molecule has 41 heavy (non-hydrogen) atoms. The van der Waals surface area contributed by atoms with Crippen LogP contribution in [0.25, 0.3) is 0 Å². The zero-order valence-electron chi connectivity index (χ0n) is 23.1. The van der Waals surface area contributed by atoms with E-state index in [1.165, 1.54) is 11.0 Å². The van der Waals surface area contributed by atoms with Crippen molar-refractivity contribution < 1.29 is 27.5 Å². The molecule has 0 fully saturated rings. The Morgan fingerprint density at radius 3 is 2.37 bits per heavy atom. The molecule has 1 unspecified atom stereocenters. The van der Waals surface area contributed by atoms with Crippen molar-refractivity contribution in [2.45, 2.75) is 38.8 Å². The van der Waals surface area contributed by atoms with Crippen LogP contribution >= 0.6 is 15.9 Å². The number of fused-ring (bicyclic) bond motifs is 1. The Labute approximate surface area is 249 Å². The molecule has 3 aromatic carbocycles. The van der Waals surface area contributed by atoms with Gasteiger partial charge >= 0.3 is 0 Å². The topological polar surface area (TPSA) is 105 Å². The lowest BCUT2D eigenvalue weighted by atomic mass is 10.0. The number of carbonyl (C=O) groups excluding carboxylic acids is 2. The molecule has 0 bridgehead atoms. The van der Waals surface area contributed by atoms with E-state index in [0.29, 0.717) is 18.0 Å². The minimum absolute atomic E-state index is 0.0336. The molecule has 0 saturated heterocycles. The van der Waals surface area contributed by atoms with Crippen LogP contribution in [0.1, 0.15) is 30.9 Å². The van der Waals surface area contributed by atoms with Gasteiger partial charge in [0.15, 0.2) is 11.5 Å². The van der Waals surface area contributed by atoms with Crippen LogP contribution in [0.3, 0.4) is 0 Å². The number of anilines is 1. The third-order valence-electron chi connectivity index (χ3n) is 6.69. The smallest absolute Gasteiger partial charge is 0.244 e. The lowest BCUT2D eigenvalue weighted by Gasteiger charge is -2.33. The van der Waals surface area contributed by atoms with Gasteiger partial charge in [-0.2, -0.15) is 0 Å². The first-order valence-corrected chi connectivity index (χ1v) is 16.0. The van der Waals surface area contributed by atoms with E-state index in [4.69, 9.17) is 9.47 Å². The zero-order chi connectivity index (χ0) is 29.4. The van der Waals surface area contributed by atoms with E-state index in [1.807, 2.05) is 61.5 Å². The Balaban J connectivity index is 1.70. The summed E-state index contributed by atoms with van der Waals surface area (Å²) in [5.41, 5.74) is 1.95. The molecule has 3 aromatic rings. The predicted molar refractivity (Wildman–Crippen MR) is 161 cm³/mol. The van der Waals surface area contributed by atoms with Gasteiger partial charge in [0.1, 0.15) is 12.6 Å².